The number of guanidine groups is 1. The number of nitrogens with one attached hydrogen (secondary N) is 2. The summed E-state index contributed by atoms with van der Waals surface area (Å²) in [6.07, 6.45) is 7.19. The predicted octanol–water partition coefficient (Wildman–Crippen LogP) is 3.18. The normalized spacial score (nSPS) is 24.3. The van der Waals surface area contributed by atoms with E-state index in [9.17, 15) is 0 Å². The van der Waals surface area contributed by atoms with E-state index in [2.05, 4.69) is 29.5 Å². The average Bonchev–Trinajstić information content (AvgIpc) is 3.30. The van der Waals surface area contributed by atoms with Crippen molar-refractivity contribution in [1.82, 2.24) is 10.6 Å². The van der Waals surface area contributed by atoms with Crippen molar-refractivity contribution in [1.29, 1.82) is 0 Å². The van der Waals surface area contributed by atoms with Gasteiger partial charge in [0.15, 0.2) is 5.96 Å². The van der Waals surface area contributed by atoms with E-state index in [0.717, 1.165) is 70.7 Å². The first kappa shape index (κ1) is 22.0. The van der Waals surface area contributed by atoms with Crippen molar-refractivity contribution in [3.63, 3.8) is 0 Å². The molecule has 0 aromatic carbocycles. The summed E-state index contributed by atoms with van der Waals surface area (Å²) in [5, 5.41) is 6.90. The molecule has 0 aromatic rings. The number of halogens is 1. The second-order valence-corrected chi connectivity index (χ2v) is 6.78. The zero-order valence-corrected chi connectivity index (χ0v) is 17.7. The van der Waals surface area contributed by atoms with Gasteiger partial charge in [0.1, 0.15) is 0 Å². The lowest BCUT2D eigenvalue weighted by atomic mass is 10.0. The van der Waals surface area contributed by atoms with Crippen molar-refractivity contribution in [3.8, 4) is 0 Å². The van der Waals surface area contributed by atoms with E-state index in [-0.39, 0.29) is 24.0 Å². The molecule has 2 N–H and O–H groups in total. The van der Waals surface area contributed by atoms with E-state index in [1.165, 1.54) is 19.3 Å². The monoisotopic (exact) mass is 453 g/mol. The summed E-state index contributed by atoms with van der Waals surface area (Å²) >= 11 is 0. The lowest BCUT2D eigenvalue weighted by molar-refractivity contribution is 0.0205. The molecule has 2 rings (SSSR count). The Balaban J connectivity index is 0.00000288. The standard InChI is InChI=1S/C18H35N3O2.HI/c1-3-6-16-13-17(16)21-18(19-4-2)20-9-5-10-23-14-15-7-11-22-12-8-15;/h15-17H,3-14H2,1-2H3,(H2,19,20,21);1H. The van der Waals surface area contributed by atoms with Crippen LogP contribution in [-0.4, -0.2) is 51.5 Å². The maximum Gasteiger partial charge on any atom is 0.191 e. The predicted molar refractivity (Wildman–Crippen MR) is 110 cm³/mol. The van der Waals surface area contributed by atoms with E-state index in [0.29, 0.717) is 12.0 Å². The van der Waals surface area contributed by atoms with Crippen LogP contribution < -0.4 is 10.6 Å². The van der Waals surface area contributed by atoms with E-state index >= 15 is 0 Å². The van der Waals surface area contributed by atoms with Crippen LogP contribution in [0.4, 0.5) is 0 Å². The Bertz CT molecular complexity index is 349. The van der Waals surface area contributed by atoms with Gasteiger partial charge in [-0.15, -0.1) is 24.0 Å². The van der Waals surface area contributed by atoms with Gasteiger partial charge in [0, 0.05) is 45.6 Å². The molecule has 24 heavy (non-hydrogen) atoms. The fourth-order valence-corrected chi connectivity index (χ4v) is 3.13. The van der Waals surface area contributed by atoms with Crippen LogP contribution in [0, 0.1) is 11.8 Å². The van der Waals surface area contributed by atoms with Crippen molar-refractivity contribution >= 4 is 29.9 Å². The number of hydrogen-bond donors (Lipinski definition) is 2. The van der Waals surface area contributed by atoms with Gasteiger partial charge in [-0.1, -0.05) is 13.3 Å². The zero-order chi connectivity index (χ0) is 16.3. The minimum Gasteiger partial charge on any atom is -0.381 e. The van der Waals surface area contributed by atoms with E-state index < -0.39 is 0 Å². The number of aliphatic imine (C=N–C) groups is 1. The minimum atomic E-state index is 0. The maximum atomic E-state index is 5.79. The van der Waals surface area contributed by atoms with Gasteiger partial charge in [0.25, 0.3) is 0 Å². The van der Waals surface area contributed by atoms with Crippen LogP contribution >= 0.6 is 24.0 Å². The number of ether oxygens (including phenoxy) is 2. The van der Waals surface area contributed by atoms with Crippen molar-refractivity contribution in [2.45, 2.75) is 58.4 Å². The van der Waals surface area contributed by atoms with Gasteiger partial charge in [0.2, 0.25) is 0 Å². The molecule has 1 aliphatic carbocycles. The number of hydrogen-bond acceptors (Lipinski definition) is 3. The van der Waals surface area contributed by atoms with Crippen LogP contribution in [0.5, 0.6) is 0 Å². The molecule has 0 aromatic heterocycles. The average molecular weight is 453 g/mol. The van der Waals surface area contributed by atoms with Crippen molar-refractivity contribution < 1.29 is 9.47 Å². The molecule has 1 saturated carbocycles. The molecule has 2 unspecified atom stereocenters. The van der Waals surface area contributed by atoms with Crippen LogP contribution in [0.25, 0.3) is 0 Å². The van der Waals surface area contributed by atoms with Crippen molar-refractivity contribution in [2.24, 2.45) is 16.8 Å². The molecule has 1 heterocycles. The minimum absolute atomic E-state index is 0. The highest BCUT2D eigenvalue weighted by Gasteiger charge is 2.36. The molecule has 2 fully saturated rings. The smallest absolute Gasteiger partial charge is 0.191 e. The Kier molecular flexibility index (Phi) is 12.0. The lowest BCUT2D eigenvalue weighted by Crippen LogP contribution is -2.39. The molecular weight excluding hydrogens is 417 g/mol. The first-order chi connectivity index (χ1) is 11.3. The van der Waals surface area contributed by atoms with Crippen LogP contribution in [0.2, 0.25) is 0 Å². The summed E-state index contributed by atoms with van der Waals surface area (Å²) < 4.78 is 11.2. The molecule has 0 radical (unpaired) electrons. The second kappa shape index (κ2) is 13.2. The first-order valence-corrected chi connectivity index (χ1v) is 9.53. The van der Waals surface area contributed by atoms with Gasteiger partial charge in [-0.3, -0.25) is 4.99 Å². The zero-order valence-electron chi connectivity index (χ0n) is 15.4. The van der Waals surface area contributed by atoms with Crippen LogP contribution in [0.1, 0.15) is 52.4 Å². The Morgan fingerprint density at radius 1 is 1.25 bits per heavy atom. The quantitative estimate of drug-likeness (QED) is 0.231. The Morgan fingerprint density at radius 2 is 2.04 bits per heavy atom. The van der Waals surface area contributed by atoms with E-state index in [1.807, 2.05) is 0 Å². The summed E-state index contributed by atoms with van der Waals surface area (Å²) in [6, 6.07) is 0.637. The largest absolute Gasteiger partial charge is 0.381 e. The number of nitrogens with zero attached hydrogens (tertiary/aromatic N) is 1. The van der Waals surface area contributed by atoms with E-state index in [4.69, 9.17) is 9.47 Å². The highest BCUT2D eigenvalue weighted by molar-refractivity contribution is 14.0. The van der Waals surface area contributed by atoms with Gasteiger partial charge in [-0.2, -0.15) is 0 Å². The van der Waals surface area contributed by atoms with Gasteiger partial charge < -0.3 is 20.1 Å². The van der Waals surface area contributed by atoms with Gasteiger partial charge >= 0.3 is 0 Å². The molecular formula is C18H36IN3O2. The topological polar surface area (TPSA) is 54.9 Å². The van der Waals surface area contributed by atoms with E-state index in [1.54, 1.807) is 0 Å². The fraction of sp³-hybridized carbons (Fsp3) is 0.944. The third-order valence-corrected chi connectivity index (χ3v) is 4.66. The molecule has 1 saturated heterocycles. The highest BCUT2D eigenvalue weighted by atomic mass is 127. The molecule has 0 amide bonds. The third-order valence-electron chi connectivity index (χ3n) is 4.66. The molecule has 1 aliphatic heterocycles. The summed E-state index contributed by atoms with van der Waals surface area (Å²) in [6.45, 7) is 9.60. The highest BCUT2D eigenvalue weighted by Crippen LogP contribution is 2.34. The molecule has 142 valence electrons. The summed E-state index contributed by atoms with van der Waals surface area (Å²) in [5.74, 6) is 2.52. The van der Waals surface area contributed by atoms with Gasteiger partial charge in [0.05, 0.1) is 0 Å². The lowest BCUT2D eigenvalue weighted by Gasteiger charge is -2.21. The maximum absolute atomic E-state index is 5.79. The first-order valence-electron chi connectivity index (χ1n) is 9.53. The SMILES string of the molecule is CCCC1CC1NC(=NCCCOCC1CCOCC1)NCC.I. The van der Waals surface area contributed by atoms with Crippen LogP contribution in [0.15, 0.2) is 4.99 Å². The summed E-state index contributed by atoms with van der Waals surface area (Å²) in [7, 11) is 0. The van der Waals surface area contributed by atoms with Crippen LogP contribution in [-0.2, 0) is 9.47 Å². The summed E-state index contributed by atoms with van der Waals surface area (Å²) in [5.41, 5.74) is 0. The Labute approximate surface area is 164 Å². The van der Waals surface area contributed by atoms with Gasteiger partial charge in [-0.05, 0) is 50.9 Å². The van der Waals surface area contributed by atoms with Crippen molar-refractivity contribution in [2.75, 3.05) is 39.5 Å². The Hall–Kier alpha value is -0.0800. The van der Waals surface area contributed by atoms with Crippen molar-refractivity contribution in [3.05, 3.63) is 0 Å². The second-order valence-electron chi connectivity index (χ2n) is 6.78. The van der Waals surface area contributed by atoms with Gasteiger partial charge in [-0.25, -0.2) is 0 Å². The third kappa shape index (κ3) is 8.85. The molecule has 2 aliphatic rings. The van der Waals surface area contributed by atoms with Crippen LogP contribution in [0.3, 0.4) is 0 Å². The fourth-order valence-electron chi connectivity index (χ4n) is 3.13. The molecule has 2 atom stereocenters. The number of rotatable bonds is 10. The molecule has 5 nitrogen and oxygen atoms in total. The summed E-state index contributed by atoms with van der Waals surface area (Å²) in [4.78, 5) is 4.67. The molecule has 6 heteroatoms. The molecule has 0 spiro atoms. The molecule has 0 bridgehead atoms. The Morgan fingerprint density at radius 3 is 2.75 bits per heavy atom.